The summed E-state index contributed by atoms with van der Waals surface area (Å²) in [7, 11) is 1.68. The molecule has 1 aliphatic rings. The summed E-state index contributed by atoms with van der Waals surface area (Å²) in [5, 5.41) is 3.33. The number of amides is 1. The van der Waals surface area contributed by atoms with Crippen LogP contribution in [-0.4, -0.2) is 37.1 Å². The standard InChI is InChI=1S/C16H24N2O2/c1-5-13(10-20-4)18-15(19)9-17-16(18)14-8-11(2)6-7-12(14)3/h6-8,13,16-17H,5,9-10H2,1-4H3. The number of ether oxygens (including phenoxy) is 1. The topological polar surface area (TPSA) is 41.6 Å². The van der Waals surface area contributed by atoms with Crippen LogP contribution >= 0.6 is 0 Å². The zero-order chi connectivity index (χ0) is 14.7. The summed E-state index contributed by atoms with van der Waals surface area (Å²) in [5.41, 5.74) is 3.61. The van der Waals surface area contributed by atoms with Crippen molar-refractivity contribution in [1.29, 1.82) is 0 Å². The molecular formula is C16H24N2O2. The Kier molecular flexibility index (Phi) is 4.78. The molecule has 4 nitrogen and oxygen atoms in total. The number of hydrogen-bond donors (Lipinski definition) is 1. The molecule has 1 fully saturated rings. The Hall–Kier alpha value is -1.39. The number of nitrogens with zero attached hydrogens (tertiary/aromatic N) is 1. The fraction of sp³-hybridized carbons (Fsp3) is 0.562. The maximum absolute atomic E-state index is 12.2. The van der Waals surface area contributed by atoms with Crippen molar-refractivity contribution in [2.75, 3.05) is 20.3 Å². The third kappa shape index (κ3) is 2.86. The monoisotopic (exact) mass is 276 g/mol. The number of rotatable bonds is 5. The molecule has 1 amide bonds. The van der Waals surface area contributed by atoms with Gasteiger partial charge in [0.25, 0.3) is 0 Å². The number of hydrogen-bond acceptors (Lipinski definition) is 3. The molecule has 110 valence electrons. The fourth-order valence-electron chi connectivity index (χ4n) is 2.83. The van der Waals surface area contributed by atoms with Crippen LogP contribution in [0, 0.1) is 13.8 Å². The van der Waals surface area contributed by atoms with Crippen molar-refractivity contribution in [1.82, 2.24) is 10.2 Å². The second-order valence-corrected chi connectivity index (χ2v) is 5.46. The van der Waals surface area contributed by atoms with Gasteiger partial charge in [0.05, 0.1) is 19.2 Å². The highest BCUT2D eigenvalue weighted by Crippen LogP contribution is 2.29. The Morgan fingerprint density at radius 3 is 2.85 bits per heavy atom. The SMILES string of the molecule is CCC(COC)N1C(=O)CNC1c1cc(C)ccc1C. The van der Waals surface area contributed by atoms with Gasteiger partial charge in [-0.15, -0.1) is 0 Å². The summed E-state index contributed by atoms with van der Waals surface area (Å²) in [6.45, 7) is 7.24. The summed E-state index contributed by atoms with van der Waals surface area (Å²) >= 11 is 0. The van der Waals surface area contributed by atoms with Crippen LogP contribution in [0.2, 0.25) is 0 Å². The van der Waals surface area contributed by atoms with Gasteiger partial charge in [0.1, 0.15) is 6.17 Å². The van der Waals surface area contributed by atoms with E-state index in [9.17, 15) is 4.79 Å². The quantitative estimate of drug-likeness (QED) is 0.896. The zero-order valence-corrected chi connectivity index (χ0v) is 12.8. The Morgan fingerprint density at radius 1 is 1.45 bits per heavy atom. The van der Waals surface area contributed by atoms with Crippen LogP contribution in [0.3, 0.4) is 0 Å². The third-order valence-electron chi connectivity index (χ3n) is 3.97. The summed E-state index contributed by atoms with van der Waals surface area (Å²) in [4.78, 5) is 14.2. The molecule has 0 aromatic heterocycles. The van der Waals surface area contributed by atoms with Crippen LogP contribution in [0.15, 0.2) is 18.2 Å². The van der Waals surface area contributed by atoms with E-state index in [1.54, 1.807) is 7.11 Å². The van der Waals surface area contributed by atoms with E-state index >= 15 is 0 Å². The fourth-order valence-corrected chi connectivity index (χ4v) is 2.83. The first-order chi connectivity index (χ1) is 9.58. The first kappa shape index (κ1) is 15.0. The van der Waals surface area contributed by atoms with Crippen molar-refractivity contribution in [2.45, 2.75) is 39.4 Å². The molecule has 0 bridgehead atoms. The molecule has 2 atom stereocenters. The van der Waals surface area contributed by atoms with Crippen molar-refractivity contribution < 1.29 is 9.53 Å². The Labute approximate surface area is 121 Å². The highest BCUT2D eigenvalue weighted by Gasteiger charge is 2.36. The molecule has 1 N–H and O–H groups in total. The molecule has 4 heteroatoms. The van der Waals surface area contributed by atoms with Gasteiger partial charge in [0.15, 0.2) is 0 Å². The smallest absolute Gasteiger partial charge is 0.238 e. The lowest BCUT2D eigenvalue weighted by atomic mass is 10.0. The maximum atomic E-state index is 12.2. The Bertz CT molecular complexity index is 487. The normalized spacial score (nSPS) is 20.5. The summed E-state index contributed by atoms with van der Waals surface area (Å²) in [6.07, 6.45) is 0.852. The van der Waals surface area contributed by atoms with Crippen LogP contribution in [0.4, 0.5) is 0 Å². The molecule has 2 rings (SSSR count). The van der Waals surface area contributed by atoms with Gasteiger partial charge >= 0.3 is 0 Å². The first-order valence-electron chi connectivity index (χ1n) is 7.19. The lowest BCUT2D eigenvalue weighted by Crippen LogP contribution is -2.42. The van der Waals surface area contributed by atoms with E-state index in [-0.39, 0.29) is 18.1 Å². The first-order valence-corrected chi connectivity index (χ1v) is 7.19. The molecular weight excluding hydrogens is 252 g/mol. The molecule has 1 aromatic rings. The number of benzene rings is 1. The number of methoxy groups -OCH3 is 1. The molecule has 1 aliphatic heterocycles. The minimum Gasteiger partial charge on any atom is -0.383 e. The second kappa shape index (κ2) is 6.37. The van der Waals surface area contributed by atoms with Gasteiger partial charge in [-0.05, 0) is 31.4 Å². The number of nitrogens with one attached hydrogen (secondary N) is 1. The third-order valence-corrected chi connectivity index (χ3v) is 3.97. The molecule has 0 spiro atoms. The molecule has 0 radical (unpaired) electrons. The van der Waals surface area contributed by atoms with E-state index in [1.807, 2.05) is 4.90 Å². The van der Waals surface area contributed by atoms with Crippen LogP contribution in [0.1, 0.15) is 36.2 Å². The van der Waals surface area contributed by atoms with Gasteiger partial charge in [-0.3, -0.25) is 10.1 Å². The summed E-state index contributed by atoms with van der Waals surface area (Å²) in [5.74, 6) is 0.153. The van der Waals surface area contributed by atoms with Crippen molar-refractivity contribution in [3.05, 3.63) is 34.9 Å². The van der Waals surface area contributed by atoms with E-state index in [0.717, 1.165) is 6.42 Å². The van der Waals surface area contributed by atoms with E-state index in [0.29, 0.717) is 13.2 Å². The average Bonchev–Trinajstić information content (AvgIpc) is 2.80. The lowest BCUT2D eigenvalue weighted by molar-refractivity contribution is -0.131. The molecule has 1 heterocycles. The lowest BCUT2D eigenvalue weighted by Gasteiger charge is -2.33. The highest BCUT2D eigenvalue weighted by molar-refractivity contribution is 5.81. The number of aryl methyl sites for hydroxylation is 2. The van der Waals surface area contributed by atoms with Crippen molar-refractivity contribution in [3.63, 3.8) is 0 Å². The molecule has 0 saturated carbocycles. The predicted octanol–water partition coefficient (Wildman–Crippen LogP) is 2.16. The van der Waals surface area contributed by atoms with Gasteiger partial charge in [0, 0.05) is 7.11 Å². The van der Waals surface area contributed by atoms with E-state index < -0.39 is 0 Å². The predicted molar refractivity (Wildman–Crippen MR) is 79.5 cm³/mol. The molecule has 2 unspecified atom stereocenters. The second-order valence-electron chi connectivity index (χ2n) is 5.46. The van der Waals surface area contributed by atoms with Crippen LogP contribution in [-0.2, 0) is 9.53 Å². The van der Waals surface area contributed by atoms with Crippen molar-refractivity contribution in [3.8, 4) is 0 Å². The highest BCUT2D eigenvalue weighted by atomic mass is 16.5. The van der Waals surface area contributed by atoms with Gasteiger partial charge in [-0.1, -0.05) is 30.7 Å². The zero-order valence-electron chi connectivity index (χ0n) is 12.8. The number of carbonyl (C=O) groups is 1. The van der Waals surface area contributed by atoms with E-state index in [4.69, 9.17) is 4.74 Å². The van der Waals surface area contributed by atoms with E-state index in [2.05, 4.69) is 44.3 Å². The molecule has 1 aromatic carbocycles. The number of carbonyl (C=O) groups excluding carboxylic acids is 1. The minimum atomic E-state index is -0.0394. The van der Waals surface area contributed by atoms with Crippen molar-refractivity contribution in [2.24, 2.45) is 0 Å². The molecule has 0 aliphatic carbocycles. The molecule has 1 saturated heterocycles. The largest absolute Gasteiger partial charge is 0.383 e. The van der Waals surface area contributed by atoms with Gasteiger partial charge in [0.2, 0.25) is 5.91 Å². The van der Waals surface area contributed by atoms with Crippen LogP contribution < -0.4 is 5.32 Å². The maximum Gasteiger partial charge on any atom is 0.238 e. The Morgan fingerprint density at radius 2 is 2.20 bits per heavy atom. The Balaban J connectivity index is 2.34. The summed E-state index contributed by atoms with van der Waals surface area (Å²) in [6, 6.07) is 6.50. The van der Waals surface area contributed by atoms with Gasteiger partial charge in [-0.25, -0.2) is 0 Å². The van der Waals surface area contributed by atoms with Gasteiger partial charge < -0.3 is 9.64 Å². The van der Waals surface area contributed by atoms with Crippen LogP contribution in [0.5, 0.6) is 0 Å². The average molecular weight is 276 g/mol. The minimum absolute atomic E-state index is 0.0394. The summed E-state index contributed by atoms with van der Waals surface area (Å²) < 4.78 is 5.27. The van der Waals surface area contributed by atoms with Gasteiger partial charge in [-0.2, -0.15) is 0 Å². The van der Waals surface area contributed by atoms with E-state index in [1.165, 1.54) is 16.7 Å². The molecule has 20 heavy (non-hydrogen) atoms. The van der Waals surface area contributed by atoms with Crippen LogP contribution in [0.25, 0.3) is 0 Å². The van der Waals surface area contributed by atoms with Crippen molar-refractivity contribution >= 4 is 5.91 Å².